The monoisotopic (exact) mass is 400 g/mol. The van der Waals surface area contributed by atoms with Crippen LogP contribution < -0.4 is 15.4 Å². The summed E-state index contributed by atoms with van der Waals surface area (Å²) in [4.78, 5) is 23.8. The Balaban J connectivity index is 1.89. The molecule has 2 aromatic carbocycles. The predicted octanol–water partition coefficient (Wildman–Crippen LogP) is 3.17. The Hall–Kier alpha value is -3.14. The molecule has 0 heterocycles. The number of alkyl halides is 3. The number of anilines is 1. The zero-order chi connectivity index (χ0) is 20.7. The molecule has 2 rings (SSSR count). The van der Waals surface area contributed by atoms with Crippen LogP contribution >= 0.6 is 0 Å². The van der Waals surface area contributed by atoms with Gasteiger partial charge in [0.15, 0.2) is 0 Å². The highest BCUT2D eigenvalue weighted by atomic mass is 19.4. The average molecular weight is 400 g/mol. The highest BCUT2D eigenvalue weighted by Crippen LogP contribution is 2.24. The van der Waals surface area contributed by atoms with Gasteiger partial charge >= 0.3 is 18.2 Å². The predicted molar refractivity (Wildman–Crippen MR) is 90.9 cm³/mol. The molecule has 6 nitrogen and oxygen atoms in total. The van der Waals surface area contributed by atoms with E-state index in [0.717, 1.165) is 24.3 Å². The summed E-state index contributed by atoms with van der Waals surface area (Å²) >= 11 is 0. The number of ether oxygens (including phenoxy) is 2. The first-order valence-corrected chi connectivity index (χ1v) is 7.91. The second-order valence-corrected chi connectivity index (χ2v) is 5.52. The lowest BCUT2D eigenvalue weighted by atomic mass is 10.1. The molecule has 0 aliphatic carbocycles. The van der Waals surface area contributed by atoms with E-state index in [1.165, 1.54) is 25.3 Å². The summed E-state index contributed by atoms with van der Waals surface area (Å²) in [5.41, 5.74) is 0.576. The van der Waals surface area contributed by atoms with E-state index in [4.69, 9.17) is 4.74 Å². The summed E-state index contributed by atoms with van der Waals surface area (Å²) < 4.78 is 58.5. The van der Waals surface area contributed by atoms with Crippen LogP contribution in [0.4, 0.5) is 23.2 Å². The van der Waals surface area contributed by atoms with Gasteiger partial charge in [-0.15, -0.1) is 13.2 Å². The molecular formula is C18H16F4N2O4. The maximum absolute atomic E-state index is 13.3. The van der Waals surface area contributed by atoms with Gasteiger partial charge in [-0.05, 0) is 42.0 Å². The van der Waals surface area contributed by atoms with Gasteiger partial charge in [0.05, 0.1) is 6.10 Å². The topological polar surface area (TPSA) is 76.7 Å². The van der Waals surface area contributed by atoms with Crippen molar-refractivity contribution in [2.75, 3.05) is 19.0 Å². The van der Waals surface area contributed by atoms with Crippen LogP contribution in [-0.4, -0.2) is 31.8 Å². The van der Waals surface area contributed by atoms with Gasteiger partial charge in [-0.1, -0.05) is 12.1 Å². The first-order valence-electron chi connectivity index (χ1n) is 7.91. The number of carbonyl (C=O) groups excluding carboxylic acids is 2. The smallest absolute Gasteiger partial charge is 0.406 e. The molecule has 2 amide bonds. The third-order valence-electron chi connectivity index (χ3n) is 3.50. The number of hydrogen-bond donors (Lipinski definition) is 2. The zero-order valence-electron chi connectivity index (χ0n) is 14.5. The summed E-state index contributed by atoms with van der Waals surface area (Å²) in [5, 5.41) is 4.58. The highest BCUT2D eigenvalue weighted by Gasteiger charge is 2.31. The number of carbonyl (C=O) groups is 2. The highest BCUT2D eigenvalue weighted by molar-refractivity contribution is 6.39. The summed E-state index contributed by atoms with van der Waals surface area (Å²) in [7, 11) is 1.37. The van der Waals surface area contributed by atoms with Crippen LogP contribution in [0.2, 0.25) is 0 Å². The van der Waals surface area contributed by atoms with Gasteiger partial charge in [0, 0.05) is 19.3 Å². The van der Waals surface area contributed by atoms with E-state index in [-0.39, 0.29) is 12.2 Å². The minimum atomic E-state index is -4.83. The number of rotatable bonds is 6. The molecule has 0 aliphatic rings. The Bertz CT molecular complexity index is 825. The van der Waals surface area contributed by atoms with Gasteiger partial charge < -0.3 is 20.1 Å². The second-order valence-electron chi connectivity index (χ2n) is 5.52. The van der Waals surface area contributed by atoms with Gasteiger partial charge in [0.2, 0.25) is 0 Å². The molecule has 0 fully saturated rings. The lowest BCUT2D eigenvalue weighted by Crippen LogP contribution is -2.38. The van der Waals surface area contributed by atoms with Gasteiger partial charge in [-0.25, -0.2) is 4.39 Å². The van der Waals surface area contributed by atoms with Crippen LogP contribution in [0.3, 0.4) is 0 Å². The van der Waals surface area contributed by atoms with Gasteiger partial charge in [-0.2, -0.15) is 0 Å². The molecule has 1 unspecified atom stereocenters. The Morgan fingerprint density at radius 2 is 1.75 bits per heavy atom. The summed E-state index contributed by atoms with van der Waals surface area (Å²) in [5.74, 6) is -2.96. The SMILES string of the molecule is COC(CNC(=O)C(=O)Nc1ccc(OC(F)(F)F)cc1)c1cccc(F)c1. The van der Waals surface area contributed by atoms with Crippen LogP contribution in [-0.2, 0) is 14.3 Å². The molecule has 0 aromatic heterocycles. The van der Waals surface area contributed by atoms with E-state index in [2.05, 4.69) is 15.4 Å². The van der Waals surface area contributed by atoms with E-state index in [1.807, 2.05) is 0 Å². The number of halogens is 4. The van der Waals surface area contributed by atoms with Gasteiger partial charge in [0.25, 0.3) is 0 Å². The van der Waals surface area contributed by atoms with E-state index < -0.39 is 35.8 Å². The van der Waals surface area contributed by atoms with Crippen molar-refractivity contribution in [2.24, 2.45) is 0 Å². The molecule has 150 valence electrons. The lowest BCUT2D eigenvalue weighted by molar-refractivity contribution is -0.274. The Labute approximate surface area is 157 Å². The fourth-order valence-electron chi connectivity index (χ4n) is 2.24. The Morgan fingerprint density at radius 1 is 1.07 bits per heavy atom. The molecule has 10 heteroatoms. The van der Waals surface area contributed by atoms with E-state index >= 15 is 0 Å². The number of amides is 2. The van der Waals surface area contributed by atoms with Crippen LogP contribution in [0.5, 0.6) is 5.75 Å². The van der Waals surface area contributed by atoms with Crippen LogP contribution in [0, 0.1) is 5.82 Å². The third kappa shape index (κ3) is 6.54. The van der Waals surface area contributed by atoms with Crippen LogP contribution in [0.15, 0.2) is 48.5 Å². The first kappa shape index (κ1) is 21.2. The number of methoxy groups -OCH3 is 1. The third-order valence-corrected chi connectivity index (χ3v) is 3.50. The average Bonchev–Trinajstić information content (AvgIpc) is 2.62. The number of benzene rings is 2. The fraction of sp³-hybridized carbons (Fsp3) is 0.222. The standard InChI is InChI=1S/C18H16F4N2O4/c1-27-15(11-3-2-4-12(19)9-11)10-23-16(25)17(26)24-13-5-7-14(8-6-13)28-18(20,21)22/h2-9,15H,10H2,1H3,(H,23,25)(H,24,26). The second kappa shape index (κ2) is 9.18. The molecule has 0 aliphatic heterocycles. The summed E-state index contributed by atoms with van der Waals surface area (Å²) in [6.07, 6.45) is -5.50. The molecule has 0 radical (unpaired) electrons. The van der Waals surface area contributed by atoms with Crippen molar-refractivity contribution >= 4 is 17.5 Å². The van der Waals surface area contributed by atoms with Crippen molar-refractivity contribution in [1.82, 2.24) is 5.32 Å². The summed E-state index contributed by atoms with van der Waals surface area (Å²) in [6.45, 7) is -0.0927. The van der Waals surface area contributed by atoms with Gasteiger partial charge in [-0.3, -0.25) is 9.59 Å². The molecule has 0 saturated heterocycles. The molecule has 0 bridgehead atoms. The van der Waals surface area contributed by atoms with Crippen LogP contribution in [0.1, 0.15) is 11.7 Å². The normalized spacial score (nSPS) is 12.2. The zero-order valence-corrected chi connectivity index (χ0v) is 14.5. The minimum absolute atomic E-state index is 0.0927. The fourth-order valence-corrected chi connectivity index (χ4v) is 2.24. The van der Waals surface area contributed by atoms with Crippen molar-refractivity contribution in [2.45, 2.75) is 12.5 Å². The van der Waals surface area contributed by atoms with E-state index in [1.54, 1.807) is 6.07 Å². The number of nitrogens with one attached hydrogen (secondary N) is 2. The first-order chi connectivity index (χ1) is 13.2. The maximum Gasteiger partial charge on any atom is 0.573 e. The Morgan fingerprint density at radius 3 is 2.32 bits per heavy atom. The van der Waals surface area contributed by atoms with Crippen molar-refractivity contribution in [3.05, 3.63) is 59.9 Å². The molecule has 2 aromatic rings. The maximum atomic E-state index is 13.3. The van der Waals surface area contributed by atoms with Crippen LogP contribution in [0.25, 0.3) is 0 Å². The molecule has 2 N–H and O–H groups in total. The van der Waals surface area contributed by atoms with Crippen molar-refractivity contribution in [1.29, 1.82) is 0 Å². The summed E-state index contributed by atoms with van der Waals surface area (Å²) in [6, 6.07) is 9.87. The van der Waals surface area contributed by atoms with Crippen molar-refractivity contribution in [3.8, 4) is 5.75 Å². The number of hydrogen-bond acceptors (Lipinski definition) is 4. The molecular weight excluding hydrogens is 384 g/mol. The van der Waals surface area contributed by atoms with E-state index in [0.29, 0.717) is 5.56 Å². The quantitative estimate of drug-likeness (QED) is 0.577. The largest absolute Gasteiger partial charge is 0.573 e. The minimum Gasteiger partial charge on any atom is -0.406 e. The molecule has 28 heavy (non-hydrogen) atoms. The van der Waals surface area contributed by atoms with Crippen molar-refractivity contribution < 1.29 is 36.6 Å². The lowest BCUT2D eigenvalue weighted by Gasteiger charge is -2.16. The Kier molecular flexibility index (Phi) is 6.94. The molecule has 0 spiro atoms. The molecule has 0 saturated carbocycles. The van der Waals surface area contributed by atoms with Gasteiger partial charge in [0.1, 0.15) is 11.6 Å². The van der Waals surface area contributed by atoms with Crippen molar-refractivity contribution in [3.63, 3.8) is 0 Å². The molecule has 1 atom stereocenters. The van der Waals surface area contributed by atoms with E-state index in [9.17, 15) is 27.2 Å².